The molecule has 1 aliphatic carbocycles. The number of carbonyl (C=O) groups excluding carboxylic acids is 1. The van der Waals surface area contributed by atoms with Gasteiger partial charge in [0.2, 0.25) is 0 Å². The third-order valence-corrected chi connectivity index (χ3v) is 4.58. The molecule has 1 aliphatic rings. The van der Waals surface area contributed by atoms with E-state index in [-0.39, 0.29) is 11.7 Å². The number of hydrogen-bond acceptors (Lipinski definition) is 4. The van der Waals surface area contributed by atoms with Crippen LogP contribution in [0.4, 0.5) is 9.52 Å². The molecule has 2 aromatic rings. The van der Waals surface area contributed by atoms with Gasteiger partial charge in [-0.3, -0.25) is 4.79 Å². The molecule has 22 heavy (non-hydrogen) atoms. The van der Waals surface area contributed by atoms with E-state index in [2.05, 4.69) is 22.1 Å². The summed E-state index contributed by atoms with van der Waals surface area (Å²) in [4.78, 5) is 18.9. The maximum Gasteiger partial charge on any atom is 0.251 e. The minimum Gasteiger partial charge on any atom is -0.346 e. The molecule has 0 bridgehead atoms. The molecule has 1 saturated carbocycles. The van der Waals surface area contributed by atoms with Crippen LogP contribution in [0, 0.1) is 5.82 Å². The van der Waals surface area contributed by atoms with Crippen molar-refractivity contribution in [3.05, 3.63) is 46.7 Å². The Kier molecular flexibility index (Phi) is 4.38. The summed E-state index contributed by atoms with van der Waals surface area (Å²) < 4.78 is 12.8. The van der Waals surface area contributed by atoms with E-state index in [0.717, 1.165) is 17.4 Å². The first-order valence-electron chi connectivity index (χ1n) is 7.42. The van der Waals surface area contributed by atoms with Crippen molar-refractivity contribution < 1.29 is 9.18 Å². The molecule has 1 aromatic heterocycles. The van der Waals surface area contributed by atoms with Crippen molar-refractivity contribution >= 4 is 22.4 Å². The molecule has 1 fully saturated rings. The number of anilines is 1. The molecule has 1 N–H and O–H groups in total. The van der Waals surface area contributed by atoms with Gasteiger partial charge in [-0.1, -0.05) is 0 Å². The zero-order chi connectivity index (χ0) is 15.5. The minimum atomic E-state index is -0.347. The van der Waals surface area contributed by atoms with Crippen molar-refractivity contribution in [1.29, 1.82) is 0 Å². The van der Waals surface area contributed by atoms with Crippen molar-refractivity contribution in [3.63, 3.8) is 0 Å². The number of carbonyl (C=O) groups is 1. The van der Waals surface area contributed by atoms with E-state index in [0.29, 0.717) is 18.2 Å². The van der Waals surface area contributed by atoms with E-state index in [1.54, 1.807) is 11.3 Å². The topological polar surface area (TPSA) is 45.2 Å². The molecule has 116 valence electrons. The van der Waals surface area contributed by atoms with E-state index in [1.165, 1.54) is 37.1 Å². The lowest BCUT2D eigenvalue weighted by Gasteiger charge is -2.18. The molecule has 0 aliphatic heterocycles. The molecular weight excluding hydrogens is 301 g/mol. The number of nitrogens with zero attached hydrogens (tertiary/aromatic N) is 2. The van der Waals surface area contributed by atoms with E-state index >= 15 is 0 Å². The van der Waals surface area contributed by atoms with Crippen LogP contribution >= 0.6 is 11.3 Å². The smallest absolute Gasteiger partial charge is 0.251 e. The molecule has 0 radical (unpaired) electrons. The largest absolute Gasteiger partial charge is 0.346 e. The number of amides is 1. The lowest BCUT2D eigenvalue weighted by Crippen LogP contribution is -2.25. The zero-order valence-corrected chi connectivity index (χ0v) is 13.2. The van der Waals surface area contributed by atoms with Gasteiger partial charge in [0.25, 0.3) is 5.91 Å². The number of hydrogen-bond donors (Lipinski definition) is 1. The van der Waals surface area contributed by atoms with Gasteiger partial charge in [-0.2, -0.15) is 0 Å². The molecule has 1 aromatic carbocycles. The highest BCUT2D eigenvalue weighted by atomic mass is 32.1. The Morgan fingerprint density at radius 1 is 1.41 bits per heavy atom. The number of thiazole rings is 1. The van der Waals surface area contributed by atoms with Gasteiger partial charge in [0.05, 0.1) is 12.2 Å². The fourth-order valence-corrected chi connectivity index (χ4v) is 3.28. The first kappa shape index (κ1) is 15.0. The van der Waals surface area contributed by atoms with Crippen LogP contribution in [-0.4, -0.2) is 23.5 Å². The highest BCUT2D eigenvalue weighted by molar-refractivity contribution is 7.13. The summed E-state index contributed by atoms with van der Waals surface area (Å²) in [6.07, 6.45) is 2.48. The Hall–Kier alpha value is -1.95. The third-order valence-electron chi connectivity index (χ3n) is 3.65. The van der Waals surface area contributed by atoms with E-state index < -0.39 is 0 Å². The zero-order valence-electron chi connectivity index (χ0n) is 12.4. The molecule has 1 heterocycles. The van der Waals surface area contributed by atoms with Gasteiger partial charge in [0, 0.05) is 23.5 Å². The SMILES string of the molecule is CCN(c1nc(CNC(=O)c2ccc(F)cc2)cs1)C1CC1. The summed E-state index contributed by atoms with van der Waals surface area (Å²) in [5.41, 5.74) is 1.31. The molecule has 3 rings (SSSR count). The summed E-state index contributed by atoms with van der Waals surface area (Å²) in [5.74, 6) is -0.565. The second kappa shape index (κ2) is 6.44. The minimum absolute atomic E-state index is 0.218. The molecule has 6 heteroatoms. The molecule has 1 amide bonds. The Morgan fingerprint density at radius 2 is 2.14 bits per heavy atom. The Bertz CT molecular complexity index is 652. The van der Waals surface area contributed by atoms with Crippen LogP contribution in [0.15, 0.2) is 29.6 Å². The van der Waals surface area contributed by atoms with Crippen LogP contribution in [-0.2, 0) is 6.54 Å². The van der Waals surface area contributed by atoms with Gasteiger partial charge in [-0.15, -0.1) is 11.3 Å². The van der Waals surface area contributed by atoms with Crippen LogP contribution in [0.25, 0.3) is 0 Å². The summed E-state index contributed by atoms with van der Waals surface area (Å²) in [7, 11) is 0. The predicted octanol–water partition coefficient (Wildman–Crippen LogP) is 3.20. The van der Waals surface area contributed by atoms with Gasteiger partial charge in [0.15, 0.2) is 5.13 Å². The molecule has 0 atom stereocenters. The first-order chi connectivity index (χ1) is 10.7. The molecule has 0 unspecified atom stereocenters. The van der Waals surface area contributed by atoms with Gasteiger partial charge in [-0.05, 0) is 44.0 Å². The number of benzene rings is 1. The number of halogens is 1. The first-order valence-corrected chi connectivity index (χ1v) is 8.30. The van der Waals surface area contributed by atoms with Gasteiger partial charge < -0.3 is 10.2 Å². The predicted molar refractivity (Wildman–Crippen MR) is 85.7 cm³/mol. The van der Waals surface area contributed by atoms with Crippen molar-refractivity contribution in [2.24, 2.45) is 0 Å². The van der Waals surface area contributed by atoms with Crippen LogP contribution in [0.1, 0.15) is 35.8 Å². The Morgan fingerprint density at radius 3 is 2.77 bits per heavy atom. The van der Waals surface area contributed by atoms with Crippen molar-refractivity contribution in [2.45, 2.75) is 32.4 Å². The highest BCUT2D eigenvalue weighted by Gasteiger charge is 2.29. The summed E-state index contributed by atoms with van der Waals surface area (Å²) in [5, 5.41) is 5.82. The lowest BCUT2D eigenvalue weighted by molar-refractivity contribution is 0.0950. The van der Waals surface area contributed by atoms with Gasteiger partial charge >= 0.3 is 0 Å². The summed E-state index contributed by atoms with van der Waals surface area (Å²) >= 11 is 1.61. The van der Waals surface area contributed by atoms with Crippen molar-refractivity contribution in [2.75, 3.05) is 11.4 Å². The molecule has 0 saturated heterocycles. The molecular formula is C16H18FN3OS. The average Bonchev–Trinajstić information content (AvgIpc) is 3.25. The molecule has 4 nitrogen and oxygen atoms in total. The van der Waals surface area contributed by atoms with Crippen LogP contribution in [0.2, 0.25) is 0 Å². The van der Waals surface area contributed by atoms with E-state index in [1.807, 2.05) is 5.38 Å². The number of aromatic nitrogens is 1. The second-order valence-electron chi connectivity index (χ2n) is 5.33. The maximum absolute atomic E-state index is 12.8. The number of rotatable bonds is 6. The van der Waals surface area contributed by atoms with Gasteiger partial charge in [-0.25, -0.2) is 9.37 Å². The third kappa shape index (κ3) is 3.44. The second-order valence-corrected chi connectivity index (χ2v) is 6.16. The fraction of sp³-hybridized carbons (Fsp3) is 0.375. The summed E-state index contributed by atoms with van der Waals surface area (Å²) in [6.45, 7) is 3.48. The van der Waals surface area contributed by atoms with Crippen molar-refractivity contribution in [1.82, 2.24) is 10.3 Å². The lowest BCUT2D eigenvalue weighted by atomic mass is 10.2. The van der Waals surface area contributed by atoms with Crippen molar-refractivity contribution in [3.8, 4) is 0 Å². The maximum atomic E-state index is 12.8. The monoisotopic (exact) mass is 319 g/mol. The average molecular weight is 319 g/mol. The number of nitrogens with one attached hydrogen (secondary N) is 1. The fourth-order valence-electron chi connectivity index (χ4n) is 2.32. The Balaban J connectivity index is 1.58. The quantitative estimate of drug-likeness (QED) is 0.889. The van der Waals surface area contributed by atoms with Gasteiger partial charge in [0.1, 0.15) is 5.82 Å². The Labute approximate surface area is 133 Å². The van der Waals surface area contributed by atoms with Crippen LogP contribution in [0.5, 0.6) is 0 Å². The highest BCUT2D eigenvalue weighted by Crippen LogP contribution is 2.33. The summed E-state index contributed by atoms with van der Waals surface area (Å²) in [6, 6.07) is 6.15. The molecule has 0 spiro atoms. The normalized spacial score (nSPS) is 13.9. The standard InChI is InChI=1S/C16H18FN3OS/c1-2-20(14-7-8-14)16-19-13(10-22-16)9-18-15(21)11-3-5-12(17)6-4-11/h3-6,10,14H,2,7-9H2,1H3,(H,18,21). The van der Waals surface area contributed by atoms with E-state index in [4.69, 9.17) is 0 Å². The van der Waals surface area contributed by atoms with E-state index in [9.17, 15) is 9.18 Å². The van der Waals surface area contributed by atoms with Crippen LogP contribution < -0.4 is 10.2 Å². The van der Waals surface area contributed by atoms with Crippen LogP contribution in [0.3, 0.4) is 0 Å².